The van der Waals surface area contributed by atoms with Crippen LogP contribution in [0.4, 0.5) is 8.78 Å². The fourth-order valence-electron chi connectivity index (χ4n) is 3.12. The molecule has 0 bridgehead atoms. The van der Waals surface area contributed by atoms with Crippen LogP contribution in [0.5, 0.6) is 0 Å². The van der Waals surface area contributed by atoms with E-state index in [2.05, 4.69) is 10.3 Å². The molecule has 25 heavy (non-hydrogen) atoms. The summed E-state index contributed by atoms with van der Waals surface area (Å²) in [7, 11) is 0. The van der Waals surface area contributed by atoms with Gasteiger partial charge in [0.25, 0.3) is 17.4 Å². The van der Waals surface area contributed by atoms with Gasteiger partial charge >= 0.3 is 0 Å². The molecule has 2 aromatic rings. The van der Waals surface area contributed by atoms with Gasteiger partial charge in [-0.3, -0.25) is 14.4 Å². The molecule has 0 aliphatic carbocycles. The molecule has 3 rings (SSSR count). The highest BCUT2D eigenvalue weighted by molar-refractivity contribution is 6.06. The van der Waals surface area contributed by atoms with E-state index in [1.54, 1.807) is 24.3 Å². The Balaban J connectivity index is 1.97. The van der Waals surface area contributed by atoms with E-state index in [1.165, 1.54) is 13.1 Å². The zero-order valence-electron chi connectivity index (χ0n) is 13.5. The van der Waals surface area contributed by atoms with Crippen molar-refractivity contribution >= 4 is 22.6 Å². The van der Waals surface area contributed by atoms with E-state index >= 15 is 0 Å². The molecular formula is C17H17F2N3O3. The maximum Gasteiger partial charge on any atom is 0.267 e. The number of hydrogen-bond acceptors (Lipinski definition) is 3. The number of fused-ring (bicyclic) bond motifs is 1. The molecule has 1 unspecified atom stereocenters. The number of halogens is 2. The van der Waals surface area contributed by atoms with Crippen LogP contribution in [0.1, 0.15) is 23.7 Å². The van der Waals surface area contributed by atoms with Gasteiger partial charge in [-0.1, -0.05) is 18.2 Å². The number of likely N-dealkylation sites (tertiary alicyclic amines) is 1. The molecule has 0 saturated carbocycles. The first-order chi connectivity index (χ1) is 11.8. The van der Waals surface area contributed by atoms with Crippen molar-refractivity contribution in [2.45, 2.75) is 25.3 Å². The van der Waals surface area contributed by atoms with Crippen molar-refractivity contribution in [3.8, 4) is 0 Å². The molecule has 1 fully saturated rings. The summed E-state index contributed by atoms with van der Waals surface area (Å²) in [4.78, 5) is 39.4. The van der Waals surface area contributed by atoms with Gasteiger partial charge in [0, 0.05) is 36.9 Å². The van der Waals surface area contributed by atoms with Crippen molar-refractivity contribution < 1.29 is 18.4 Å². The van der Waals surface area contributed by atoms with E-state index in [1.807, 2.05) is 0 Å². The first kappa shape index (κ1) is 17.1. The lowest BCUT2D eigenvalue weighted by atomic mass is 10.1. The molecule has 1 atom stereocenters. The van der Waals surface area contributed by atoms with Crippen LogP contribution >= 0.6 is 0 Å². The second kappa shape index (κ2) is 6.27. The lowest BCUT2D eigenvalue weighted by Gasteiger charge is -2.24. The number of aromatic amines is 1. The number of H-pyrrole nitrogens is 1. The van der Waals surface area contributed by atoms with Crippen LogP contribution in [0, 0.1) is 0 Å². The molecule has 132 valence electrons. The number of benzene rings is 1. The highest BCUT2D eigenvalue weighted by atomic mass is 19.3. The summed E-state index contributed by atoms with van der Waals surface area (Å²) in [6.45, 7) is 0.524. The van der Waals surface area contributed by atoms with Crippen molar-refractivity contribution in [3.05, 3.63) is 46.4 Å². The zero-order valence-corrected chi connectivity index (χ0v) is 13.5. The second-order valence-corrected chi connectivity index (χ2v) is 6.16. The molecule has 1 aromatic carbocycles. The lowest BCUT2D eigenvalue weighted by Crippen LogP contribution is -2.43. The van der Waals surface area contributed by atoms with Gasteiger partial charge in [0.2, 0.25) is 5.91 Å². The van der Waals surface area contributed by atoms with Gasteiger partial charge in [0.1, 0.15) is 0 Å². The normalized spacial score (nSPS) is 19.2. The Morgan fingerprint density at radius 1 is 1.32 bits per heavy atom. The van der Waals surface area contributed by atoms with Gasteiger partial charge in [-0.05, 0) is 6.07 Å². The van der Waals surface area contributed by atoms with Crippen LogP contribution in [0.15, 0.2) is 35.3 Å². The van der Waals surface area contributed by atoms with E-state index in [0.717, 1.165) is 4.90 Å². The van der Waals surface area contributed by atoms with Crippen molar-refractivity contribution in [1.29, 1.82) is 0 Å². The molecule has 1 aliphatic heterocycles. The van der Waals surface area contributed by atoms with E-state index < -0.39 is 30.8 Å². The fourth-order valence-corrected chi connectivity index (χ4v) is 3.12. The first-order valence-corrected chi connectivity index (χ1v) is 7.82. The molecule has 1 saturated heterocycles. The van der Waals surface area contributed by atoms with E-state index in [4.69, 9.17) is 0 Å². The van der Waals surface area contributed by atoms with Crippen LogP contribution in [0.2, 0.25) is 0 Å². The van der Waals surface area contributed by atoms with Crippen molar-refractivity contribution in [1.82, 2.24) is 15.2 Å². The predicted molar refractivity (Wildman–Crippen MR) is 87.6 cm³/mol. The Morgan fingerprint density at radius 3 is 2.68 bits per heavy atom. The number of carbonyl (C=O) groups excluding carboxylic acids is 2. The Morgan fingerprint density at radius 2 is 2.00 bits per heavy atom. The third-order valence-corrected chi connectivity index (χ3v) is 4.26. The van der Waals surface area contributed by atoms with E-state index in [9.17, 15) is 23.2 Å². The number of aromatic nitrogens is 1. The van der Waals surface area contributed by atoms with Crippen molar-refractivity contribution in [2.24, 2.45) is 0 Å². The maximum absolute atomic E-state index is 13.9. The number of pyridine rings is 1. The average Bonchev–Trinajstić information content (AvgIpc) is 2.88. The molecule has 0 spiro atoms. The summed E-state index contributed by atoms with van der Waals surface area (Å²) < 4.78 is 27.7. The van der Waals surface area contributed by atoms with E-state index in [0.29, 0.717) is 10.8 Å². The Kier molecular flexibility index (Phi) is 4.28. The monoisotopic (exact) mass is 349 g/mol. The fraction of sp³-hybridized carbons (Fsp3) is 0.353. The summed E-state index contributed by atoms with van der Waals surface area (Å²) in [5.74, 6) is -3.96. The molecule has 2 N–H and O–H groups in total. The largest absolute Gasteiger partial charge is 0.354 e. The summed E-state index contributed by atoms with van der Waals surface area (Å²) in [6, 6.07) is 5.70. The highest BCUT2D eigenvalue weighted by Crippen LogP contribution is 2.33. The summed E-state index contributed by atoms with van der Waals surface area (Å²) >= 11 is 0. The van der Waals surface area contributed by atoms with Crippen LogP contribution in [-0.2, 0) is 4.79 Å². The number of nitrogens with one attached hydrogen (secondary N) is 2. The Hall–Kier alpha value is -2.77. The maximum atomic E-state index is 13.9. The quantitative estimate of drug-likeness (QED) is 0.881. The zero-order chi connectivity index (χ0) is 18.2. The Bertz CT molecular complexity index is 894. The first-order valence-electron chi connectivity index (χ1n) is 7.82. The molecule has 2 amide bonds. The van der Waals surface area contributed by atoms with Gasteiger partial charge < -0.3 is 15.2 Å². The second-order valence-electron chi connectivity index (χ2n) is 6.16. The average molecular weight is 349 g/mol. The number of carbonyl (C=O) groups is 2. The van der Waals surface area contributed by atoms with E-state index in [-0.39, 0.29) is 23.6 Å². The van der Waals surface area contributed by atoms with Crippen molar-refractivity contribution in [3.63, 3.8) is 0 Å². The number of alkyl halides is 2. The smallest absolute Gasteiger partial charge is 0.267 e. The molecule has 1 aromatic heterocycles. The minimum absolute atomic E-state index is 0.0437. The number of rotatable bonds is 3. The number of hydrogen-bond donors (Lipinski definition) is 2. The molecule has 1 aliphatic rings. The van der Waals surface area contributed by atoms with Gasteiger partial charge in [-0.25, -0.2) is 8.78 Å². The SMILES string of the molecule is CC(=O)NCC1CC(F)(F)CN1C(=O)c1c[nH]c(=O)c2ccccc12. The summed E-state index contributed by atoms with van der Waals surface area (Å²) in [6.07, 6.45) is 0.735. The highest BCUT2D eigenvalue weighted by Gasteiger charge is 2.47. The summed E-state index contributed by atoms with van der Waals surface area (Å²) in [5, 5.41) is 3.21. The molecule has 8 heteroatoms. The summed E-state index contributed by atoms with van der Waals surface area (Å²) in [5.41, 5.74) is -0.200. The predicted octanol–water partition coefficient (Wildman–Crippen LogP) is 1.51. The molecule has 6 nitrogen and oxygen atoms in total. The topological polar surface area (TPSA) is 82.3 Å². The molecule has 2 heterocycles. The molecule has 0 radical (unpaired) electrons. The van der Waals surface area contributed by atoms with Crippen molar-refractivity contribution in [2.75, 3.05) is 13.1 Å². The van der Waals surface area contributed by atoms with Crippen LogP contribution < -0.4 is 10.9 Å². The number of amides is 2. The minimum Gasteiger partial charge on any atom is -0.354 e. The number of nitrogens with zero attached hydrogens (tertiary/aromatic N) is 1. The van der Waals surface area contributed by atoms with Gasteiger partial charge in [-0.15, -0.1) is 0 Å². The third-order valence-electron chi connectivity index (χ3n) is 4.26. The molecular weight excluding hydrogens is 332 g/mol. The van der Waals surface area contributed by atoms with Gasteiger partial charge in [0.05, 0.1) is 18.2 Å². The van der Waals surface area contributed by atoms with Crippen LogP contribution in [0.3, 0.4) is 0 Å². The minimum atomic E-state index is -3.02. The Labute approximate surface area is 141 Å². The van der Waals surface area contributed by atoms with Gasteiger partial charge in [-0.2, -0.15) is 0 Å². The third kappa shape index (κ3) is 3.38. The van der Waals surface area contributed by atoms with Crippen LogP contribution in [0.25, 0.3) is 10.8 Å². The van der Waals surface area contributed by atoms with Crippen LogP contribution in [-0.4, -0.2) is 46.8 Å². The lowest BCUT2D eigenvalue weighted by molar-refractivity contribution is -0.119. The van der Waals surface area contributed by atoms with Gasteiger partial charge in [0.15, 0.2) is 0 Å². The standard InChI is InChI=1S/C17H17F2N3O3/c1-10(23)20-7-11-6-17(18,19)9-22(11)16(25)14-8-21-15(24)13-5-3-2-4-12(13)14/h2-5,8,11H,6-7,9H2,1H3,(H,20,23)(H,21,24).